The molecular weight excluding hydrogens is 316 g/mol. The van der Waals surface area contributed by atoms with Gasteiger partial charge in [-0.15, -0.1) is 0 Å². The van der Waals surface area contributed by atoms with Crippen LogP contribution in [-0.2, 0) is 29.0 Å². The van der Waals surface area contributed by atoms with E-state index in [9.17, 15) is 9.59 Å². The van der Waals surface area contributed by atoms with Gasteiger partial charge >= 0.3 is 0 Å². The van der Waals surface area contributed by atoms with Gasteiger partial charge in [-0.1, -0.05) is 36.4 Å². The van der Waals surface area contributed by atoms with E-state index in [-0.39, 0.29) is 18.4 Å². The van der Waals surface area contributed by atoms with E-state index in [1.807, 2.05) is 48.5 Å². The highest BCUT2D eigenvalue weighted by Gasteiger charge is 2.32. The zero-order valence-corrected chi connectivity index (χ0v) is 14.2. The van der Waals surface area contributed by atoms with Crippen LogP contribution in [0, 0.1) is 0 Å². The van der Waals surface area contributed by atoms with Crippen molar-refractivity contribution >= 4 is 17.5 Å². The minimum atomic E-state index is -0.510. The second kappa shape index (κ2) is 7.49. The lowest BCUT2D eigenvalue weighted by Crippen LogP contribution is -2.49. The van der Waals surface area contributed by atoms with E-state index in [1.54, 1.807) is 4.90 Å². The lowest BCUT2D eigenvalue weighted by molar-refractivity contribution is -0.138. The third kappa shape index (κ3) is 3.88. The van der Waals surface area contributed by atoms with Gasteiger partial charge in [0.15, 0.2) is 0 Å². The van der Waals surface area contributed by atoms with Gasteiger partial charge < -0.3 is 15.3 Å². The second-order valence-electron chi connectivity index (χ2n) is 6.30. The van der Waals surface area contributed by atoms with Crippen LogP contribution in [-0.4, -0.2) is 34.5 Å². The number of fused-ring (bicyclic) bond motifs is 1. The molecule has 0 aromatic heterocycles. The smallest absolute Gasteiger partial charge is 0.247 e. The number of amides is 2. The van der Waals surface area contributed by atoms with Gasteiger partial charge in [0, 0.05) is 32.2 Å². The Morgan fingerprint density at radius 2 is 1.80 bits per heavy atom. The maximum atomic E-state index is 12.8. The van der Waals surface area contributed by atoms with Crippen LogP contribution in [0.25, 0.3) is 0 Å². The van der Waals surface area contributed by atoms with E-state index in [2.05, 4.69) is 5.32 Å². The number of aliphatic hydroxyl groups is 1. The van der Waals surface area contributed by atoms with Crippen molar-refractivity contribution in [3.05, 3.63) is 65.2 Å². The quantitative estimate of drug-likeness (QED) is 0.897. The number of nitrogens with one attached hydrogen (secondary N) is 1. The molecule has 1 aliphatic heterocycles. The largest absolute Gasteiger partial charge is 0.396 e. The zero-order chi connectivity index (χ0) is 17.8. The number of aliphatic hydroxyl groups excluding tert-OH is 1. The van der Waals surface area contributed by atoms with E-state index in [0.717, 1.165) is 16.7 Å². The van der Waals surface area contributed by atoms with Crippen LogP contribution in [0.2, 0.25) is 0 Å². The van der Waals surface area contributed by atoms with Crippen LogP contribution in [0.5, 0.6) is 0 Å². The lowest BCUT2D eigenvalue weighted by Gasteiger charge is -2.35. The summed E-state index contributed by atoms with van der Waals surface area (Å²) in [5, 5.41) is 11.9. The summed E-state index contributed by atoms with van der Waals surface area (Å²) in [7, 11) is 0. The fourth-order valence-corrected chi connectivity index (χ4v) is 3.20. The Kier molecular flexibility index (Phi) is 5.14. The highest BCUT2D eigenvalue weighted by Crippen LogP contribution is 2.24. The number of carbonyl (C=O) groups is 2. The van der Waals surface area contributed by atoms with Gasteiger partial charge in [0.05, 0.1) is 0 Å². The predicted octanol–water partition coefficient (Wildman–Crippen LogP) is 2.13. The molecule has 1 unspecified atom stereocenters. The minimum absolute atomic E-state index is 0.0980. The predicted molar refractivity (Wildman–Crippen MR) is 96.0 cm³/mol. The zero-order valence-electron chi connectivity index (χ0n) is 14.2. The minimum Gasteiger partial charge on any atom is -0.396 e. The highest BCUT2D eigenvalue weighted by molar-refractivity contribution is 5.97. The third-order valence-corrected chi connectivity index (χ3v) is 4.58. The highest BCUT2D eigenvalue weighted by atomic mass is 16.3. The molecule has 2 aromatic carbocycles. The molecule has 2 amide bonds. The van der Waals surface area contributed by atoms with Crippen molar-refractivity contribution in [2.45, 2.75) is 32.4 Å². The summed E-state index contributed by atoms with van der Waals surface area (Å²) in [5.74, 6) is -0.285. The van der Waals surface area contributed by atoms with E-state index in [0.29, 0.717) is 25.1 Å². The Balaban J connectivity index is 1.76. The van der Waals surface area contributed by atoms with Crippen molar-refractivity contribution in [3.8, 4) is 0 Å². The molecule has 5 nitrogen and oxygen atoms in total. The fraction of sp³-hybridized carbons (Fsp3) is 0.300. The van der Waals surface area contributed by atoms with Crippen LogP contribution >= 0.6 is 0 Å². The molecule has 1 atom stereocenters. The van der Waals surface area contributed by atoms with Crippen LogP contribution in [0.15, 0.2) is 48.5 Å². The first-order chi connectivity index (χ1) is 12.1. The van der Waals surface area contributed by atoms with Crippen molar-refractivity contribution < 1.29 is 14.7 Å². The topological polar surface area (TPSA) is 69.6 Å². The summed E-state index contributed by atoms with van der Waals surface area (Å²) >= 11 is 0. The van der Waals surface area contributed by atoms with Gasteiger partial charge in [-0.05, 0) is 35.2 Å². The SMILES string of the molecule is CC(=O)N1Cc2ccccc2CC1C(=O)Nc1ccc(CCO)cc1. The molecule has 1 heterocycles. The molecule has 0 saturated carbocycles. The Bertz CT molecular complexity index is 771. The Hall–Kier alpha value is -2.66. The van der Waals surface area contributed by atoms with Crippen molar-refractivity contribution in [2.24, 2.45) is 0 Å². The molecule has 130 valence electrons. The number of hydrogen-bond donors (Lipinski definition) is 2. The number of anilines is 1. The van der Waals surface area contributed by atoms with E-state index < -0.39 is 6.04 Å². The molecule has 25 heavy (non-hydrogen) atoms. The molecular formula is C20H22N2O3. The molecule has 0 saturated heterocycles. The molecule has 0 radical (unpaired) electrons. The first-order valence-electron chi connectivity index (χ1n) is 8.43. The normalized spacial score (nSPS) is 16.2. The summed E-state index contributed by atoms with van der Waals surface area (Å²) in [6, 6.07) is 14.8. The lowest BCUT2D eigenvalue weighted by atomic mass is 9.93. The first-order valence-corrected chi connectivity index (χ1v) is 8.43. The third-order valence-electron chi connectivity index (χ3n) is 4.58. The summed E-state index contributed by atoms with van der Waals surface area (Å²) < 4.78 is 0. The van der Waals surface area contributed by atoms with Crippen LogP contribution in [0.1, 0.15) is 23.6 Å². The van der Waals surface area contributed by atoms with Crippen molar-refractivity contribution in [3.63, 3.8) is 0 Å². The molecule has 1 aliphatic rings. The number of rotatable bonds is 4. The number of nitrogens with zero attached hydrogens (tertiary/aromatic N) is 1. The number of benzene rings is 2. The van der Waals surface area contributed by atoms with Gasteiger partial charge in [0.25, 0.3) is 0 Å². The van der Waals surface area contributed by atoms with E-state index in [1.165, 1.54) is 6.92 Å². The standard InChI is InChI=1S/C20H22N2O3/c1-14(24)22-13-17-5-3-2-4-16(17)12-19(22)20(25)21-18-8-6-15(7-9-18)10-11-23/h2-9,19,23H,10-13H2,1H3,(H,21,25). The molecule has 2 N–H and O–H groups in total. The van der Waals surface area contributed by atoms with Crippen molar-refractivity contribution in [1.82, 2.24) is 4.90 Å². The molecule has 3 rings (SSSR count). The van der Waals surface area contributed by atoms with Crippen LogP contribution < -0.4 is 5.32 Å². The molecule has 0 spiro atoms. The van der Waals surface area contributed by atoms with E-state index >= 15 is 0 Å². The number of hydrogen-bond acceptors (Lipinski definition) is 3. The summed E-state index contributed by atoms with van der Waals surface area (Å²) in [5.41, 5.74) is 3.90. The van der Waals surface area contributed by atoms with Crippen LogP contribution in [0.4, 0.5) is 5.69 Å². The van der Waals surface area contributed by atoms with Gasteiger partial charge in [-0.25, -0.2) is 0 Å². The monoisotopic (exact) mass is 338 g/mol. The van der Waals surface area contributed by atoms with Gasteiger partial charge in [-0.3, -0.25) is 9.59 Å². The number of carbonyl (C=O) groups excluding carboxylic acids is 2. The molecule has 2 aromatic rings. The maximum absolute atomic E-state index is 12.8. The molecule has 0 aliphatic carbocycles. The average molecular weight is 338 g/mol. The Morgan fingerprint density at radius 1 is 1.12 bits per heavy atom. The van der Waals surface area contributed by atoms with Gasteiger partial charge in [0.1, 0.15) is 6.04 Å². The molecule has 5 heteroatoms. The average Bonchev–Trinajstić information content (AvgIpc) is 2.62. The first kappa shape index (κ1) is 17.2. The van der Waals surface area contributed by atoms with Crippen LogP contribution in [0.3, 0.4) is 0 Å². The maximum Gasteiger partial charge on any atom is 0.247 e. The van der Waals surface area contributed by atoms with Gasteiger partial charge in [-0.2, -0.15) is 0 Å². The fourth-order valence-electron chi connectivity index (χ4n) is 3.20. The molecule has 0 fully saturated rings. The Labute approximate surface area is 147 Å². The summed E-state index contributed by atoms with van der Waals surface area (Å²) in [6.07, 6.45) is 1.11. The summed E-state index contributed by atoms with van der Waals surface area (Å²) in [4.78, 5) is 26.4. The van der Waals surface area contributed by atoms with Crippen molar-refractivity contribution in [1.29, 1.82) is 0 Å². The van der Waals surface area contributed by atoms with E-state index in [4.69, 9.17) is 5.11 Å². The Morgan fingerprint density at radius 3 is 2.44 bits per heavy atom. The molecule has 0 bridgehead atoms. The second-order valence-corrected chi connectivity index (χ2v) is 6.30. The van der Waals surface area contributed by atoms with Crippen molar-refractivity contribution in [2.75, 3.05) is 11.9 Å². The van der Waals surface area contributed by atoms with Gasteiger partial charge in [0.2, 0.25) is 11.8 Å². The summed E-state index contributed by atoms with van der Waals surface area (Å²) in [6.45, 7) is 2.05.